The number of nitrogens with one attached hydrogen (secondary N) is 2. The van der Waals surface area contributed by atoms with E-state index >= 15 is 0 Å². The van der Waals surface area contributed by atoms with E-state index in [1.807, 2.05) is 53.8 Å². The van der Waals surface area contributed by atoms with Gasteiger partial charge in [0, 0.05) is 12.0 Å². The predicted octanol–water partition coefficient (Wildman–Crippen LogP) is 4.07. The van der Waals surface area contributed by atoms with Crippen molar-refractivity contribution in [2.24, 2.45) is 5.92 Å². The third-order valence-corrected chi connectivity index (χ3v) is 5.90. The SMILES string of the molecule is CC(NC(=O)OCC1c2ccccc2-c2ccccc21)C(C)C(=O)NC(CC(F)(F)F)C(=O)O. The van der Waals surface area contributed by atoms with E-state index < -0.39 is 48.6 Å². The van der Waals surface area contributed by atoms with Gasteiger partial charge in [-0.25, -0.2) is 9.59 Å². The maximum atomic E-state index is 12.6. The summed E-state index contributed by atoms with van der Waals surface area (Å²) in [5.74, 6) is -3.89. The molecule has 3 rings (SSSR count). The van der Waals surface area contributed by atoms with E-state index in [-0.39, 0.29) is 12.5 Å². The van der Waals surface area contributed by atoms with Crippen molar-refractivity contribution in [3.8, 4) is 11.1 Å². The molecule has 3 unspecified atom stereocenters. The van der Waals surface area contributed by atoms with Gasteiger partial charge in [-0.3, -0.25) is 4.79 Å². The van der Waals surface area contributed by atoms with Crippen LogP contribution >= 0.6 is 0 Å². The van der Waals surface area contributed by atoms with Crippen LogP contribution in [-0.2, 0) is 14.3 Å². The highest BCUT2D eigenvalue weighted by molar-refractivity contribution is 5.85. The lowest BCUT2D eigenvalue weighted by Gasteiger charge is -2.23. The number of alkyl halides is 3. The second-order valence-corrected chi connectivity index (χ2v) is 8.27. The number of hydrogen-bond donors (Lipinski definition) is 3. The summed E-state index contributed by atoms with van der Waals surface area (Å²) in [5, 5.41) is 13.3. The number of carbonyl (C=O) groups is 3. The number of amides is 2. The van der Waals surface area contributed by atoms with E-state index in [1.165, 1.54) is 13.8 Å². The van der Waals surface area contributed by atoms with Crippen molar-refractivity contribution in [2.45, 2.75) is 44.4 Å². The highest BCUT2D eigenvalue weighted by Gasteiger charge is 2.37. The molecule has 0 heterocycles. The lowest BCUT2D eigenvalue weighted by atomic mass is 9.98. The van der Waals surface area contributed by atoms with Gasteiger partial charge in [-0.15, -0.1) is 0 Å². The quantitative estimate of drug-likeness (QED) is 0.531. The van der Waals surface area contributed by atoms with Crippen molar-refractivity contribution in [3.63, 3.8) is 0 Å². The van der Waals surface area contributed by atoms with Gasteiger partial charge in [-0.2, -0.15) is 13.2 Å². The molecule has 0 saturated carbocycles. The van der Waals surface area contributed by atoms with E-state index in [4.69, 9.17) is 9.84 Å². The fraction of sp³-hybridized carbons (Fsp3) is 0.375. The maximum Gasteiger partial charge on any atom is 0.407 e. The molecule has 7 nitrogen and oxygen atoms in total. The molecule has 0 saturated heterocycles. The van der Waals surface area contributed by atoms with E-state index in [9.17, 15) is 27.6 Å². The third kappa shape index (κ3) is 5.86. The van der Waals surface area contributed by atoms with Crippen LogP contribution in [0.5, 0.6) is 0 Å². The number of ether oxygens (including phenoxy) is 1. The Hall–Kier alpha value is -3.56. The molecule has 10 heteroatoms. The molecule has 0 aliphatic heterocycles. The second-order valence-electron chi connectivity index (χ2n) is 8.27. The summed E-state index contributed by atoms with van der Waals surface area (Å²) in [5.41, 5.74) is 4.19. The van der Waals surface area contributed by atoms with Gasteiger partial charge in [0.1, 0.15) is 12.6 Å². The molecule has 2 amide bonds. The molecule has 3 N–H and O–H groups in total. The number of halogens is 3. The molecule has 3 atom stereocenters. The van der Waals surface area contributed by atoms with Gasteiger partial charge in [-0.05, 0) is 29.2 Å². The summed E-state index contributed by atoms with van der Waals surface area (Å²) in [6, 6.07) is 12.7. The number of benzene rings is 2. The normalized spacial score (nSPS) is 15.4. The van der Waals surface area contributed by atoms with Crippen LogP contribution in [0.4, 0.5) is 18.0 Å². The second kappa shape index (κ2) is 10.1. The minimum Gasteiger partial charge on any atom is -0.480 e. The number of carboxylic acid groups (broad SMARTS) is 1. The summed E-state index contributed by atoms with van der Waals surface area (Å²) >= 11 is 0. The van der Waals surface area contributed by atoms with E-state index in [1.54, 1.807) is 0 Å². The summed E-state index contributed by atoms with van der Waals surface area (Å²) < 4.78 is 43.1. The Morgan fingerprint density at radius 2 is 1.50 bits per heavy atom. The Bertz CT molecular complexity index is 1030. The Morgan fingerprint density at radius 3 is 2.00 bits per heavy atom. The van der Waals surface area contributed by atoms with Gasteiger partial charge in [0.15, 0.2) is 0 Å². The zero-order valence-electron chi connectivity index (χ0n) is 18.6. The van der Waals surface area contributed by atoms with Crippen molar-refractivity contribution in [1.29, 1.82) is 0 Å². The standard InChI is InChI=1S/C24H25F3N2O5/c1-13(21(30)29-20(22(31)32)11-24(25,26)27)14(2)28-23(33)34-12-19-17-9-5-3-7-15(17)16-8-4-6-10-18(16)19/h3-10,13-14,19-20H,11-12H2,1-2H3,(H,28,33)(H,29,30)(H,31,32). The fourth-order valence-electron chi connectivity index (χ4n) is 3.91. The number of carbonyl (C=O) groups excluding carboxylic acids is 2. The highest BCUT2D eigenvalue weighted by Crippen LogP contribution is 2.44. The summed E-state index contributed by atoms with van der Waals surface area (Å²) in [6.07, 6.45) is -7.25. The summed E-state index contributed by atoms with van der Waals surface area (Å²) in [4.78, 5) is 35.7. The minimum atomic E-state index is -4.76. The Balaban J connectivity index is 1.57. The molecule has 0 radical (unpaired) electrons. The first kappa shape index (κ1) is 25.1. The first-order valence-electron chi connectivity index (χ1n) is 10.7. The van der Waals surface area contributed by atoms with Gasteiger partial charge < -0.3 is 20.5 Å². The molecule has 1 aliphatic rings. The van der Waals surface area contributed by atoms with Crippen molar-refractivity contribution in [1.82, 2.24) is 10.6 Å². The monoisotopic (exact) mass is 478 g/mol. The van der Waals surface area contributed by atoms with Crippen LogP contribution in [0.3, 0.4) is 0 Å². The lowest BCUT2D eigenvalue weighted by molar-refractivity contribution is -0.160. The first-order chi connectivity index (χ1) is 16.0. The first-order valence-corrected chi connectivity index (χ1v) is 10.7. The average Bonchev–Trinajstić information content (AvgIpc) is 3.09. The number of fused-ring (bicyclic) bond motifs is 3. The van der Waals surface area contributed by atoms with Crippen LogP contribution in [0.15, 0.2) is 48.5 Å². The third-order valence-electron chi connectivity index (χ3n) is 5.90. The zero-order valence-corrected chi connectivity index (χ0v) is 18.6. The van der Waals surface area contributed by atoms with Crippen LogP contribution in [0.1, 0.15) is 37.3 Å². The molecular weight excluding hydrogens is 453 g/mol. The topological polar surface area (TPSA) is 105 Å². The molecule has 0 spiro atoms. The Kier molecular flexibility index (Phi) is 7.48. The van der Waals surface area contributed by atoms with Gasteiger partial charge in [0.25, 0.3) is 0 Å². The van der Waals surface area contributed by atoms with E-state index in [0.717, 1.165) is 22.3 Å². The van der Waals surface area contributed by atoms with Crippen molar-refractivity contribution < 1.29 is 37.4 Å². The maximum absolute atomic E-state index is 12.6. The van der Waals surface area contributed by atoms with Gasteiger partial charge in [0.05, 0.1) is 12.3 Å². The Labute approximate surface area is 194 Å². The van der Waals surface area contributed by atoms with Gasteiger partial charge in [0.2, 0.25) is 5.91 Å². The molecule has 0 aromatic heterocycles. The molecule has 34 heavy (non-hydrogen) atoms. The highest BCUT2D eigenvalue weighted by atomic mass is 19.4. The van der Waals surface area contributed by atoms with Gasteiger partial charge in [-0.1, -0.05) is 55.5 Å². The molecule has 2 aromatic rings. The molecule has 2 aromatic carbocycles. The molecule has 1 aliphatic carbocycles. The van der Waals surface area contributed by atoms with Crippen molar-refractivity contribution in [2.75, 3.05) is 6.61 Å². The molecule has 182 valence electrons. The number of aliphatic carboxylic acids is 1. The fourth-order valence-corrected chi connectivity index (χ4v) is 3.91. The predicted molar refractivity (Wildman–Crippen MR) is 117 cm³/mol. The zero-order chi connectivity index (χ0) is 25.0. The largest absolute Gasteiger partial charge is 0.480 e. The molecular formula is C24H25F3N2O5. The number of rotatable bonds is 8. The summed E-state index contributed by atoms with van der Waals surface area (Å²) in [7, 11) is 0. The van der Waals surface area contributed by atoms with Crippen LogP contribution in [0, 0.1) is 5.92 Å². The van der Waals surface area contributed by atoms with Crippen LogP contribution in [0.2, 0.25) is 0 Å². The average molecular weight is 478 g/mol. The van der Waals surface area contributed by atoms with E-state index in [0.29, 0.717) is 0 Å². The van der Waals surface area contributed by atoms with Crippen molar-refractivity contribution in [3.05, 3.63) is 59.7 Å². The number of hydrogen-bond acceptors (Lipinski definition) is 4. The smallest absolute Gasteiger partial charge is 0.407 e. The number of carboxylic acids is 1. The van der Waals surface area contributed by atoms with Crippen LogP contribution in [-0.4, -0.2) is 47.9 Å². The number of alkyl carbamates (subject to hydrolysis) is 1. The summed E-state index contributed by atoms with van der Waals surface area (Å²) in [6.45, 7) is 2.90. The van der Waals surface area contributed by atoms with E-state index in [2.05, 4.69) is 5.32 Å². The molecule has 0 bridgehead atoms. The Morgan fingerprint density at radius 1 is 0.971 bits per heavy atom. The minimum absolute atomic E-state index is 0.0554. The van der Waals surface area contributed by atoms with Crippen LogP contribution < -0.4 is 10.6 Å². The molecule has 0 fully saturated rings. The lowest BCUT2D eigenvalue weighted by Crippen LogP contribution is -2.50. The van der Waals surface area contributed by atoms with Crippen LogP contribution in [0.25, 0.3) is 11.1 Å². The van der Waals surface area contributed by atoms with Crippen molar-refractivity contribution >= 4 is 18.0 Å². The van der Waals surface area contributed by atoms with Gasteiger partial charge >= 0.3 is 18.2 Å².